The third-order valence-electron chi connectivity index (χ3n) is 3.37. The van der Waals surface area contributed by atoms with Crippen LogP contribution >= 0.6 is 0 Å². The fourth-order valence-corrected chi connectivity index (χ4v) is 2.57. The van der Waals surface area contributed by atoms with E-state index in [2.05, 4.69) is 42.7 Å². The third-order valence-corrected chi connectivity index (χ3v) is 3.37. The molecule has 2 heteroatoms. The van der Waals surface area contributed by atoms with E-state index in [1.54, 1.807) is 0 Å². The minimum Gasteiger partial charge on any atom is -0.262 e. The predicted octanol–water partition coefficient (Wildman–Crippen LogP) is 4.96. The number of hydrogen-bond acceptors (Lipinski definition) is 1. The zero-order chi connectivity index (χ0) is 13.9. The van der Waals surface area contributed by atoms with Gasteiger partial charge < -0.3 is 0 Å². The van der Waals surface area contributed by atoms with Crippen molar-refractivity contribution < 1.29 is 0 Å². The zero-order valence-electron chi connectivity index (χ0n) is 13.0. The van der Waals surface area contributed by atoms with Crippen LogP contribution in [0.15, 0.2) is 6.08 Å². The smallest absolute Gasteiger partial charge is 0.0647 e. The number of hydrogen-bond donors (Lipinski definition) is 0. The SMILES string of the molecule is CC.CC.Cc1nn(C(C)C)c2c1C1CC1C=C2. The van der Waals surface area contributed by atoms with Crippen molar-refractivity contribution >= 4 is 6.08 Å². The number of aryl methyl sites for hydroxylation is 1. The number of allylic oxidation sites excluding steroid dienone is 1. The van der Waals surface area contributed by atoms with Gasteiger partial charge in [-0.3, -0.25) is 4.68 Å². The lowest BCUT2D eigenvalue weighted by atomic mass is 10.0. The van der Waals surface area contributed by atoms with Gasteiger partial charge in [-0.15, -0.1) is 0 Å². The largest absolute Gasteiger partial charge is 0.262 e. The van der Waals surface area contributed by atoms with Crippen LogP contribution in [0.25, 0.3) is 6.08 Å². The molecule has 2 aliphatic rings. The average molecular weight is 248 g/mol. The monoisotopic (exact) mass is 248 g/mol. The summed E-state index contributed by atoms with van der Waals surface area (Å²) < 4.78 is 2.16. The van der Waals surface area contributed by atoms with Gasteiger partial charge in [0.1, 0.15) is 0 Å². The van der Waals surface area contributed by atoms with Gasteiger partial charge in [-0.2, -0.15) is 5.10 Å². The molecule has 0 amide bonds. The van der Waals surface area contributed by atoms with Crippen molar-refractivity contribution in [3.8, 4) is 0 Å². The predicted molar refractivity (Wildman–Crippen MR) is 79.9 cm³/mol. The fourth-order valence-electron chi connectivity index (χ4n) is 2.57. The van der Waals surface area contributed by atoms with Crippen LogP contribution < -0.4 is 0 Å². The van der Waals surface area contributed by atoms with Crippen LogP contribution in [0.2, 0.25) is 0 Å². The lowest BCUT2D eigenvalue weighted by Gasteiger charge is -2.11. The Morgan fingerprint density at radius 1 is 1.22 bits per heavy atom. The topological polar surface area (TPSA) is 17.8 Å². The molecule has 0 N–H and O–H groups in total. The molecular formula is C16H28N2. The second kappa shape index (κ2) is 6.21. The minimum absolute atomic E-state index is 0.470. The molecule has 0 aromatic carbocycles. The second-order valence-corrected chi connectivity index (χ2v) is 4.79. The number of fused-ring (bicyclic) bond motifs is 3. The Hall–Kier alpha value is -1.05. The maximum Gasteiger partial charge on any atom is 0.0647 e. The van der Waals surface area contributed by atoms with Gasteiger partial charge in [0.15, 0.2) is 0 Å². The Kier molecular flexibility index (Phi) is 5.18. The van der Waals surface area contributed by atoms with Crippen molar-refractivity contribution in [1.82, 2.24) is 9.78 Å². The molecular weight excluding hydrogens is 220 g/mol. The van der Waals surface area contributed by atoms with Crippen LogP contribution in [0.4, 0.5) is 0 Å². The molecule has 0 radical (unpaired) electrons. The molecule has 1 aromatic rings. The van der Waals surface area contributed by atoms with Crippen molar-refractivity contribution in [3.05, 3.63) is 23.0 Å². The molecule has 1 saturated carbocycles. The first-order valence-corrected chi connectivity index (χ1v) is 7.45. The summed E-state index contributed by atoms with van der Waals surface area (Å²) in [4.78, 5) is 0. The summed E-state index contributed by atoms with van der Waals surface area (Å²) in [5, 5.41) is 4.63. The van der Waals surface area contributed by atoms with Gasteiger partial charge in [-0.25, -0.2) is 0 Å². The van der Waals surface area contributed by atoms with Crippen molar-refractivity contribution in [3.63, 3.8) is 0 Å². The molecule has 2 nitrogen and oxygen atoms in total. The van der Waals surface area contributed by atoms with Crippen molar-refractivity contribution in [2.24, 2.45) is 5.92 Å². The molecule has 0 saturated heterocycles. The molecule has 1 aromatic heterocycles. The van der Waals surface area contributed by atoms with Crippen molar-refractivity contribution in [1.29, 1.82) is 0 Å². The molecule has 1 heterocycles. The molecule has 2 aliphatic carbocycles. The molecule has 1 fully saturated rings. The van der Waals surface area contributed by atoms with E-state index in [0.29, 0.717) is 6.04 Å². The molecule has 0 bridgehead atoms. The van der Waals surface area contributed by atoms with Gasteiger partial charge in [-0.05, 0) is 45.1 Å². The van der Waals surface area contributed by atoms with E-state index in [9.17, 15) is 0 Å². The third kappa shape index (κ3) is 2.52. The number of aromatic nitrogens is 2. The molecule has 0 aliphatic heterocycles. The highest BCUT2D eigenvalue weighted by Crippen LogP contribution is 2.53. The van der Waals surface area contributed by atoms with Crippen LogP contribution in [0, 0.1) is 12.8 Å². The summed E-state index contributed by atoms with van der Waals surface area (Å²) in [6, 6.07) is 0.470. The maximum absolute atomic E-state index is 4.63. The summed E-state index contributed by atoms with van der Waals surface area (Å²) in [6.45, 7) is 14.5. The van der Waals surface area contributed by atoms with Crippen LogP contribution in [-0.2, 0) is 0 Å². The minimum atomic E-state index is 0.470. The van der Waals surface area contributed by atoms with Crippen LogP contribution in [0.1, 0.15) is 76.9 Å². The zero-order valence-corrected chi connectivity index (χ0v) is 13.0. The highest BCUT2D eigenvalue weighted by Gasteiger charge is 2.42. The highest BCUT2D eigenvalue weighted by atomic mass is 15.3. The van der Waals surface area contributed by atoms with E-state index in [1.807, 2.05) is 27.7 Å². The van der Waals surface area contributed by atoms with Crippen molar-refractivity contribution in [2.75, 3.05) is 0 Å². The van der Waals surface area contributed by atoms with Gasteiger partial charge in [-0.1, -0.05) is 33.8 Å². The first-order chi connectivity index (χ1) is 8.68. The summed E-state index contributed by atoms with van der Waals surface area (Å²) >= 11 is 0. The van der Waals surface area contributed by atoms with Crippen LogP contribution in [-0.4, -0.2) is 9.78 Å². The summed E-state index contributed by atoms with van der Waals surface area (Å²) in [7, 11) is 0. The van der Waals surface area contributed by atoms with E-state index in [4.69, 9.17) is 0 Å². The number of nitrogens with zero attached hydrogens (tertiary/aromatic N) is 2. The number of rotatable bonds is 1. The van der Waals surface area contributed by atoms with Gasteiger partial charge in [0.2, 0.25) is 0 Å². The summed E-state index contributed by atoms with van der Waals surface area (Å²) in [5.74, 6) is 1.62. The Bertz CT molecular complexity index is 413. The van der Waals surface area contributed by atoms with Crippen LogP contribution in [0.5, 0.6) is 0 Å². The molecule has 2 unspecified atom stereocenters. The first kappa shape index (κ1) is 15.0. The normalized spacial score (nSPS) is 22.2. The molecule has 3 rings (SSSR count). The van der Waals surface area contributed by atoms with Gasteiger partial charge in [0, 0.05) is 11.6 Å². The summed E-state index contributed by atoms with van der Waals surface area (Å²) in [5.41, 5.74) is 4.12. The average Bonchev–Trinajstić information content (AvgIpc) is 3.11. The maximum atomic E-state index is 4.63. The van der Waals surface area contributed by atoms with E-state index in [0.717, 1.165) is 11.8 Å². The lowest BCUT2D eigenvalue weighted by Crippen LogP contribution is -2.06. The van der Waals surface area contributed by atoms with Crippen LogP contribution in [0.3, 0.4) is 0 Å². The fraction of sp³-hybridized carbons (Fsp3) is 0.688. The molecule has 0 spiro atoms. The van der Waals surface area contributed by atoms with Gasteiger partial charge >= 0.3 is 0 Å². The van der Waals surface area contributed by atoms with Gasteiger partial charge in [0.05, 0.1) is 11.4 Å². The standard InChI is InChI=1S/C12H16N2.2C2H6/c1-7(2)14-11-5-4-9-6-10(9)12(11)8(3)13-14;2*1-2/h4-5,7,9-10H,6H2,1-3H3;2*1-2H3. The Morgan fingerprint density at radius 2 is 1.83 bits per heavy atom. The van der Waals surface area contributed by atoms with E-state index in [1.165, 1.54) is 23.4 Å². The quantitative estimate of drug-likeness (QED) is 0.687. The Labute approximate surface area is 112 Å². The van der Waals surface area contributed by atoms with E-state index >= 15 is 0 Å². The molecule has 18 heavy (non-hydrogen) atoms. The Balaban J connectivity index is 0.000000371. The van der Waals surface area contributed by atoms with Gasteiger partial charge in [0.25, 0.3) is 0 Å². The first-order valence-electron chi connectivity index (χ1n) is 7.45. The second-order valence-electron chi connectivity index (χ2n) is 4.79. The highest BCUT2D eigenvalue weighted by molar-refractivity contribution is 5.59. The van der Waals surface area contributed by atoms with E-state index < -0.39 is 0 Å². The van der Waals surface area contributed by atoms with Crippen molar-refractivity contribution in [2.45, 2.75) is 66.8 Å². The summed E-state index contributed by atoms with van der Waals surface area (Å²) in [6.07, 6.45) is 5.96. The lowest BCUT2D eigenvalue weighted by molar-refractivity contribution is 0.524. The molecule has 2 atom stereocenters. The Morgan fingerprint density at radius 3 is 2.39 bits per heavy atom. The van der Waals surface area contributed by atoms with E-state index in [-0.39, 0.29) is 0 Å². The molecule has 102 valence electrons.